The van der Waals surface area contributed by atoms with E-state index in [2.05, 4.69) is 6.07 Å². The van der Waals surface area contributed by atoms with Crippen LogP contribution in [-0.4, -0.2) is 30.1 Å². The number of hydrogen-bond donors (Lipinski definition) is 1. The quantitative estimate of drug-likeness (QED) is 0.872. The van der Waals surface area contributed by atoms with Crippen molar-refractivity contribution in [3.05, 3.63) is 34.9 Å². The van der Waals surface area contributed by atoms with Crippen LogP contribution in [0, 0.1) is 13.8 Å². The molecule has 1 aromatic carbocycles. The Morgan fingerprint density at radius 1 is 1.35 bits per heavy atom. The van der Waals surface area contributed by atoms with Crippen LogP contribution in [0.2, 0.25) is 0 Å². The lowest BCUT2D eigenvalue weighted by Crippen LogP contribution is -2.41. The third kappa shape index (κ3) is 2.86. The van der Waals surface area contributed by atoms with Crippen molar-refractivity contribution in [2.24, 2.45) is 0 Å². The second kappa shape index (κ2) is 4.88. The van der Waals surface area contributed by atoms with E-state index in [-0.39, 0.29) is 6.42 Å². The molecule has 1 rings (SSSR count). The molecule has 1 unspecified atom stereocenters. The zero-order valence-corrected chi connectivity index (χ0v) is 11.2. The van der Waals surface area contributed by atoms with Crippen LogP contribution in [-0.2, 0) is 10.3 Å². The van der Waals surface area contributed by atoms with E-state index in [0.717, 1.165) is 11.1 Å². The third-order valence-electron chi connectivity index (χ3n) is 3.44. The van der Waals surface area contributed by atoms with Crippen molar-refractivity contribution < 1.29 is 9.90 Å². The molecular formula is C14H21NO2. The summed E-state index contributed by atoms with van der Waals surface area (Å²) in [5.74, 6) is -0.777. The highest BCUT2D eigenvalue weighted by Crippen LogP contribution is 2.32. The monoisotopic (exact) mass is 235 g/mol. The van der Waals surface area contributed by atoms with E-state index in [1.54, 1.807) is 0 Å². The highest BCUT2D eigenvalue weighted by Gasteiger charge is 2.33. The summed E-state index contributed by atoms with van der Waals surface area (Å²) >= 11 is 0. The number of aliphatic carboxylic acids is 1. The van der Waals surface area contributed by atoms with Crippen molar-refractivity contribution in [3.8, 4) is 0 Å². The van der Waals surface area contributed by atoms with Crippen LogP contribution < -0.4 is 0 Å². The number of carbonyl (C=O) groups is 1. The van der Waals surface area contributed by atoms with Crippen molar-refractivity contribution in [2.75, 3.05) is 14.1 Å². The van der Waals surface area contributed by atoms with Gasteiger partial charge in [0.1, 0.15) is 0 Å². The van der Waals surface area contributed by atoms with Crippen molar-refractivity contribution in [1.29, 1.82) is 0 Å². The Kier molecular flexibility index (Phi) is 3.94. The van der Waals surface area contributed by atoms with Gasteiger partial charge in [-0.2, -0.15) is 0 Å². The Morgan fingerprint density at radius 3 is 2.35 bits per heavy atom. The molecule has 0 spiro atoms. The van der Waals surface area contributed by atoms with Crippen molar-refractivity contribution in [2.45, 2.75) is 32.7 Å². The standard InChI is InChI=1S/C14H21NO2/c1-10-6-7-12(11(2)8-10)14(3,15(4)5)9-13(16)17/h6-8H,9H2,1-5H3,(H,16,17). The van der Waals surface area contributed by atoms with E-state index < -0.39 is 11.5 Å². The molecule has 0 fully saturated rings. The minimum absolute atomic E-state index is 0.101. The van der Waals surface area contributed by atoms with Crippen LogP contribution >= 0.6 is 0 Å². The zero-order valence-electron chi connectivity index (χ0n) is 11.2. The normalized spacial score (nSPS) is 14.7. The first kappa shape index (κ1) is 13.7. The molecule has 3 heteroatoms. The van der Waals surface area contributed by atoms with Crippen LogP contribution in [0.5, 0.6) is 0 Å². The number of carboxylic acids is 1. The van der Waals surface area contributed by atoms with Crippen molar-refractivity contribution in [1.82, 2.24) is 4.90 Å². The minimum Gasteiger partial charge on any atom is -0.481 e. The molecule has 0 heterocycles. The maximum Gasteiger partial charge on any atom is 0.305 e. The molecule has 0 bridgehead atoms. The lowest BCUT2D eigenvalue weighted by atomic mass is 9.84. The van der Waals surface area contributed by atoms with Crippen LogP contribution in [0.1, 0.15) is 30.0 Å². The highest BCUT2D eigenvalue weighted by molar-refractivity contribution is 5.69. The Morgan fingerprint density at radius 2 is 1.94 bits per heavy atom. The molecule has 0 aliphatic heterocycles. The summed E-state index contributed by atoms with van der Waals surface area (Å²) in [7, 11) is 3.84. The predicted molar refractivity (Wildman–Crippen MR) is 69.2 cm³/mol. The maximum atomic E-state index is 11.0. The van der Waals surface area contributed by atoms with E-state index in [0.29, 0.717) is 0 Å². The van der Waals surface area contributed by atoms with Gasteiger partial charge >= 0.3 is 5.97 Å². The van der Waals surface area contributed by atoms with Gasteiger partial charge in [-0.15, -0.1) is 0 Å². The van der Waals surface area contributed by atoms with E-state index in [9.17, 15) is 4.79 Å². The average Bonchev–Trinajstić information content (AvgIpc) is 2.15. The molecule has 0 saturated carbocycles. The number of rotatable bonds is 4. The summed E-state index contributed by atoms with van der Waals surface area (Å²) in [5.41, 5.74) is 2.95. The van der Waals surface area contributed by atoms with Crippen LogP contribution in [0.15, 0.2) is 18.2 Å². The van der Waals surface area contributed by atoms with Gasteiger partial charge in [0.05, 0.1) is 12.0 Å². The van der Waals surface area contributed by atoms with E-state index >= 15 is 0 Å². The Labute approximate surface area is 103 Å². The van der Waals surface area contributed by atoms with E-state index in [4.69, 9.17) is 5.11 Å². The maximum absolute atomic E-state index is 11.0. The predicted octanol–water partition coefficient (Wildman–Crippen LogP) is 2.55. The first-order valence-corrected chi connectivity index (χ1v) is 5.74. The third-order valence-corrected chi connectivity index (χ3v) is 3.44. The van der Waals surface area contributed by atoms with Gasteiger partial charge in [0.25, 0.3) is 0 Å². The lowest BCUT2D eigenvalue weighted by Gasteiger charge is -2.37. The average molecular weight is 235 g/mol. The molecule has 0 saturated heterocycles. The molecule has 0 aliphatic rings. The summed E-state index contributed by atoms with van der Waals surface area (Å²) < 4.78 is 0. The second-order valence-electron chi connectivity index (χ2n) is 5.06. The molecule has 1 aromatic rings. The van der Waals surface area contributed by atoms with E-state index in [1.165, 1.54) is 5.56 Å². The van der Waals surface area contributed by atoms with Crippen molar-refractivity contribution in [3.63, 3.8) is 0 Å². The fourth-order valence-electron chi connectivity index (χ4n) is 2.21. The van der Waals surface area contributed by atoms with Crippen LogP contribution in [0.4, 0.5) is 0 Å². The number of hydrogen-bond acceptors (Lipinski definition) is 2. The minimum atomic E-state index is -0.777. The fourth-order valence-corrected chi connectivity index (χ4v) is 2.21. The first-order valence-electron chi connectivity index (χ1n) is 5.74. The summed E-state index contributed by atoms with van der Waals surface area (Å²) in [5, 5.41) is 9.08. The van der Waals surface area contributed by atoms with E-state index in [1.807, 2.05) is 51.9 Å². The molecule has 0 radical (unpaired) electrons. The number of benzene rings is 1. The van der Waals surface area contributed by atoms with Gasteiger partial charge in [-0.25, -0.2) is 0 Å². The van der Waals surface area contributed by atoms with Gasteiger partial charge in [-0.1, -0.05) is 23.8 Å². The molecule has 17 heavy (non-hydrogen) atoms. The summed E-state index contributed by atoms with van der Waals surface area (Å²) in [6.07, 6.45) is 0.101. The molecule has 0 aliphatic carbocycles. The molecule has 1 atom stereocenters. The second-order valence-corrected chi connectivity index (χ2v) is 5.06. The Hall–Kier alpha value is -1.35. The van der Waals surface area contributed by atoms with Gasteiger partial charge in [0.15, 0.2) is 0 Å². The molecule has 1 N–H and O–H groups in total. The van der Waals surface area contributed by atoms with Gasteiger partial charge < -0.3 is 5.11 Å². The number of aryl methyl sites for hydroxylation is 2. The molecule has 94 valence electrons. The fraction of sp³-hybridized carbons (Fsp3) is 0.500. The number of carboxylic acid groups (broad SMARTS) is 1. The number of nitrogens with zero attached hydrogens (tertiary/aromatic N) is 1. The van der Waals surface area contributed by atoms with Crippen molar-refractivity contribution >= 4 is 5.97 Å². The smallest absolute Gasteiger partial charge is 0.305 e. The SMILES string of the molecule is Cc1ccc(C(C)(CC(=O)O)N(C)C)c(C)c1. The highest BCUT2D eigenvalue weighted by atomic mass is 16.4. The zero-order chi connectivity index (χ0) is 13.2. The Bertz CT molecular complexity index is 426. The lowest BCUT2D eigenvalue weighted by molar-refractivity contribution is -0.140. The van der Waals surface area contributed by atoms with Gasteiger partial charge in [0.2, 0.25) is 0 Å². The molecule has 0 amide bonds. The van der Waals surface area contributed by atoms with Crippen LogP contribution in [0.3, 0.4) is 0 Å². The van der Waals surface area contributed by atoms with Crippen LogP contribution in [0.25, 0.3) is 0 Å². The van der Waals surface area contributed by atoms with Gasteiger partial charge in [-0.3, -0.25) is 9.69 Å². The topological polar surface area (TPSA) is 40.5 Å². The summed E-state index contributed by atoms with van der Waals surface area (Å²) in [4.78, 5) is 13.0. The summed E-state index contributed by atoms with van der Waals surface area (Å²) in [6, 6.07) is 6.17. The van der Waals surface area contributed by atoms with Gasteiger partial charge in [0, 0.05) is 0 Å². The largest absolute Gasteiger partial charge is 0.481 e. The molecule has 0 aromatic heterocycles. The molecule has 3 nitrogen and oxygen atoms in total. The van der Waals surface area contributed by atoms with Gasteiger partial charge in [-0.05, 0) is 46.0 Å². The first-order chi connectivity index (χ1) is 7.77. The Balaban J connectivity index is 3.27. The summed E-state index contributed by atoms with van der Waals surface area (Å²) in [6.45, 7) is 6.05. The molecular weight excluding hydrogens is 214 g/mol.